The molecular formula is C44H24N4O. The van der Waals surface area contributed by atoms with E-state index in [1.54, 1.807) is 0 Å². The van der Waals surface area contributed by atoms with Crippen LogP contribution < -0.4 is 0 Å². The van der Waals surface area contributed by atoms with Crippen molar-refractivity contribution in [2.24, 2.45) is 0 Å². The fourth-order valence-electron chi connectivity index (χ4n) is 7.60. The molecule has 0 fully saturated rings. The molecule has 0 aliphatic carbocycles. The monoisotopic (exact) mass is 624 g/mol. The van der Waals surface area contributed by atoms with E-state index in [0.717, 1.165) is 88.1 Å². The third-order valence-corrected chi connectivity index (χ3v) is 9.73. The minimum Gasteiger partial charge on any atom is -0.456 e. The number of aromatic nitrogens is 2. The van der Waals surface area contributed by atoms with Crippen LogP contribution in [-0.4, -0.2) is 9.13 Å². The Morgan fingerprint density at radius 1 is 0.510 bits per heavy atom. The Morgan fingerprint density at radius 2 is 1.14 bits per heavy atom. The fraction of sp³-hybridized carbons (Fsp3) is 0. The van der Waals surface area contributed by atoms with E-state index in [1.807, 2.05) is 72.8 Å². The zero-order valence-corrected chi connectivity index (χ0v) is 26.1. The number of furan rings is 1. The van der Waals surface area contributed by atoms with E-state index in [1.165, 1.54) is 0 Å². The molecule has 5 heteroatoms. The summed E-state index contributed by atoms with van der Waals surface area (Å²) in [6.07, 6.45) is 0. The van der Waals surface area contributed by atoms with Crippen LogP contribution in [0.4, 0.5) is 5.69 Å². The molecule has 5 nitrogen and oxygen atoms in total. The van der Waals surface area contributed by atoms with Gasteiger partial charge in [0, 0.05) is 44.1 Å². The van der Waals surface area contributed by atoms with Gasteiger partial charge in [0.15, 0.2) is 0 Å². The third kappa shape index (κ3) is 3.91. The zero-order valence-electron chi connectivity index (χ0n) is 26.1. The highest BCUT2D eigenvalue weighted by atomic mass is 16.3. The van der Waals surface area contributed by atoms with Crippen molar-refractivity contribution in [1.29, 1.82) is 5.26 Å². The van der Waals surface area contributed by atoms with E-state index in [-0.39, 0.29) is 0 Å². The lowest BCUT2D eigenvalue weighted by molar-refractivity contribution is 0.669. The van der Waals surface area contributed by atoms with Crippen molar-refractivity contribution < 1.29 is 4.42 Å². The molecule has 0 atom stereocenters. The molecule has 0 aliphatic rings. The van der Waals surface area contributed by atoms with E-state index in [9.17, 15) is 5.26 Å². The average molecular weight is 625 g/mol. The number of hydrogen-bond donors (Lipinski definition) is 0. The van der Waals surface area contributed by atoms with Gasteiger partial charge >= 0.3 is 0 Å². The summed E-state index contributed by atoms with van der Waals surface area (Å²) < 4.78 is 10.7. The van der Waals surface area contributed by atoms with Crippen LogP contribution in [0.3, 0.4) is 0 Å². The summed E-state index contributed by atoms with van der Waals surface area (Å²) in [6, 6.07) is 51.9. The van der Waals surface area contributed by atoms with Gasteiger partial charge in [0.05, 0.1) is 46.0 Å². The number of fused-ring (bicyclic) bond motifs is 9. The van der Waals surface area contributed by atoms with Crippen LogP contribution in [0.5, 0.6) is 0 Å². The fourth-order valence-corrected chi connectivity index (χ4v) is 7.60. The van der Waals surface area contributed by atoms with Gasteiger partial charge in [-0.1, -0.05) is 84.9 Å². The van der Waals surface area contributed by atoms with E-state index in [0.29, 0.717) is 11.3 Å². The normalized spacial score (nSPS) is 11.6. The molecule has 0 radical (unpaired) electrons. The van der Waals surface area contributed by atoms with Gasteiger partial charge in [-0.3, -0.25) is 0 Å². The molecule has 0 aliphatic heterocycles. The van der Waals surface area contributed by atoms with Crippen LogP contribution in [0.2, 0.25) is 0 Å². The molecule has 10 rings (SSSR count). The number of hydrogen-bond acceptors (Lipinski definition) is 2. The number of rotatable bonds is 3. The van der Waals surface area contributed by atoms with Crippen LogP contribution in [0.25, 0.3) is 92.9 Å². The van der Waals surface area contributed by atoms with Crippen LogP contribution >= 0.6 is 0 Å². The Labute approximate surface area is 280 Å². The Balaban J connectivity index is 1.23. The molecule has 0 saturated carbocycles. The molecule has 0 N–H and O–H groups in total. The maximum atomic E-state index is 10.3. The molecule has 226 valence electrons. The first kappa shape index (κ1) is 27.1. The predicted molar refractivity (Wildman–Crippen MR) is 199 cm³/mol. The average Bonchev–Trinajstić information content (AvgIpc) is 3.80. The van der Waals surface area contributed by atoms with Crippen molar-refractivity contribution in [1.82, 2.24) is 9.13 Å². The van der Waals surface area contributed by atoms with Crippen molar-refractivity contribution in [2.75, 3.05) is 0 Å². The highest BCUT2D eigenvalue weighted by Gasteiger charge is 2.19. The highest BCUT2D eigenvalue weighted by Crippen LogP contribution is 2.41. The zero-order chi connectivity index (χ0) is 32.6. The Hall–Kier alpha value is -7.08. The molecule has 3 aromatic heterocycles. The van der Waals surface area contributed by atoms with Gasteiger partial charge in [-0.15, -0.1) is 0 Å². The Morgan fingerprint density at radius 3 is 1.84 bits per heavy atom. The SMILES string of the molecule is [C-]#[N+]c1ccc(-c2cc(C#N)cc(-n3c4ccccc4c4cc5c(cc43)oc3ccccc35)c2)cc1-n1c2ccccc2c2ccccc21. The van der Waals surface area contributed by atoms with Gasteiger partial charge in [-0.2, -0.15) is 5.26 Å². The molecule has 0 spiro atoms. The Kier molecular flexibility index (Phi) is 5.64. The summed E-state index contributed by atoms with van der Waals surface area (Å²) in [5.41, 5.74) is 10.4. The summed E-state index contributed by atoms with van der Waals surface area (Å²) in [5, 5.41) is 17.0. The minimum absolute atomic E-state index is 0.552. The van der Waals surface area contributed by atoms with Crippen LogP contribution in [0.1, 0.15) is 5.56 Å². The molecule has 7 aromatic carbocycles. The van der Waals surface area contributed by atoms with E-state index >= 15 is 0 Å². The smallest absolute Gasteiger partial charge is 0.210 e. The van der Waals surface area contributed by atoms with Crippen molar-refractivity contribution >= 4 is 71.2 Å². The second kappa shape index (κ2) is 10.2. The van der Waals surface area contributed by atoms with Gasteiger partial charge < -0.3 is 13.6 Å². The first-order valence-corrected chi connectivity index (χ1v) is 16.1. The maximum absolute atomic E-state index is 10.3. The maximum Gasteiger partial charge on any atom is 0.210 e. The lowest BCUT2D eigenvalue weighted by atomic mass is 10.0. The second-order valence-corrected chi connectivity index (χ2v) is 12.4. The van der Waals surface area contributed by atoms with Gasteiger partial charge in [0.25, 0.3) is 0 Å². The van der Waals surface area contributed by atoms with Crippen LogP contribution in [0, 0.1) is 17.9 Å². The van der Waals surface area contributed by atoms with E-state index < -0.39 is 0 Å². The topological polar surface area (TPSA) is 51.1 Å². The number of nitrogens with zero attached hydrogens (tertiary/aromatic N) is 4. The summed E-state index contributed by atoms with van der Waals surface area (Å²) in [6.45, 7) is 8.07. The molecule has 0 bridgehead atoms. The first-order valence-electron chi connectivity index (χ1n) is 16.1. The van der Waals surface area contributed by atoms with Crippen molar-refractivity contribution in [2.45, 2.75) is 0 Å². The van der Waals surface area contributed by atoms with Crippen molar-refractivity contribution in [3.63, 3.8) is 0 Å². The third-order valence-electron chi connectivity index (χ3n) is 9.73. The largest absolute Gasteiger partial charge is 0.456 e. The van der Waals surface area contributed by atoms with Crippen molar-refractivity contribution in [3.8, 4) is 28.6 Å². The van der Waals surface area contributed by atoms with Crippen molar-refractivity contribution in [3.05, 3.63) is 163 Å². The molecule has 0 amide bonds. The lowest BCUT2D eigenvalue weighted by Gasteiger charge is -2.14. The first-order chi connectivity index (χ1) is 24.2. The lowest BCUT2D eigenvalue weighted by Crippen LogP contribution is -1.97. The molecule has 49 heavy (non-hydrogen) atoms. The minimum atomic E-state index is 0.552. The highest BCUT2D eigenvalue weighted by molar-refractivity contribution is 6.17. The summed E-state index contributed by atoms with van der Waals surface area (Å²) >= 11 is 0. The number of para-hydroxylation sites is 4. The van der Waals surface area contributed by atoms with Gasteiger partial charge in [-0.05, 0) is 65.7 Å². The quantitative estimate of drug-likeness (QED) is 0.184. The van der Waals surface area contributed by atoms with E-state index in [2.05, 4.69) is 92.8 Å². The summed E-state index contributed by atoms with van der Waals surface area (Å²) in [7, 11) is 0. The predicted octanol–water partition coefficient (Wildman–Crippen LogP) is 11.9. The number of nitriles is 1. The molecular weight excluding hydrogens is 601 g/mol. The summed E-state index contributed by atoms with van der Waals surface area (Å²) in [4.78, 5) is 3.94. The molecule has 10 aromatic rings. The Bertz CT molecular complexity index is 3030. The second-order valence-electron chi connectivity index (χ2n) is 12.4. The van der Waals surface area contributed by atoms with Gasteiger partial charge in [-0.25, -0.2) is 4.85 Å². The number of benzene rings is 7. The van der Waals surface area contributed by atoms with Crippen LogP contribution in [-0.2, 0) is 0 Å². The summed E-state index contributed by atoms with van der Waals surface area (Å²) in [5.74, 6) is 0. The molecule has 0 saturated heterocycles. The van der Waals surface area contributed by atoms with Gasteiger partial charge in [0.2, 0.25) is 5.69 Å². The molecule has 0 unspecified atom stereocenters. The standard InChI is InChI=1S/C44H24N4O/c1-46-37-19-18-28(23-42(37)48-39-15-7-2-10-31(39)32-11-3-8-16-40(32)48)29-20-27(26-45)21-30(22-29)47-38-14-6-4-12-33(38)35-24-36-34-13-5-9-17-43(34)49-44(36)25-41(35)47/h2-25H. The van der Waals surface area contributed by atoms with E-state index in [4.69, 9.17) is 11.0 Å². The van der Waals surface area contributed by atoms with Gasteiger partial charge in [0.1, 0.15) is 11.2 Å². The van der Waals surface area contributed by atoms with Crippen LogP contribution in [0.15, 0.2) is 150 Å². The molecule has 3 heterocycles.